The number of nitrogens with zero attached hydrogens (tertiary/aromatic N) is 1. The Kier molecular flexibility index (Phi) is 5.53. The van der Waals surface area contributed by atoms with E-state index in [9.17, 15) is 0 Å². The molecule has 2 fully saturated rings. The molecule has 1 saturated heterocycles. The van der Waals surface area contributed by atoms with E-state index in [0.717, 1.165) is 17.9 Å². The molecule has 0 amide bonds. The predicted molar refractivity (Wildman–Crippen MR) is 88.0 cm³/mol. The van der Waals surface area contributed by atoms with E-state index in [4.69, 9.17) is 0 Å². The average Bonchev–Trinajstić information content (AvgIpc) is 2.34. The molecule has 118 valence electrons. The van der Waals surface area contributed by atoms with E-state index in [0.29, 0.717) is 11.5 Å². The number of nitrogens with one attached hydrogen (secondary N) is 1. The molecule has 0 spiro atoms. The summed E-state index contributed by atoms with van der Waals surface area (Å²) in [7, 11) is 0. The van der Waals surface area contributed by atoms with E-state index in [-0.39, 0.29) is 0 Å². The highest BCUT2D eigenvalue weighted by molar-refractivity contribution is 4.96. The van der Waals surface area contributed by atoms with Crippen molar-refractivity contribution in [2.45, 2.75) is 78.8 Å². The molecule has 1 N–H and O–H groups in total. The second kappa shape index (κ2) is 6.79. The Balaban J connectivity index is 2.07. The average molecular weight is 280 g/mol. The van der Waals surface area contributed by atoms with Crippen LogP contribution in [0.2, 0.25) is 0 Å². The van der Waals surface area contributed by atoms with Crippen molar-refractivity contribution < 1.29 is 0 Å². The first kappa shape index (κ1) is 16.3. The zero-order valence-electron chi connectivity index (χ0n) is 14.4. The molecule has 1 heterocycles. The van der Waals surface area contributed by atoms with Crippen molar-refractivity contribution in [3.63, 3.8) is 0 Å². The zero-order valence-corrected chi connectivity index (χ0v) is 14.4. The Hall–Kier alpha value is -0.0800. The molecule has 4 atom stereocenters. The summed E-state index contributed by atoms with van der Waals surface area (Å²) in [5.74, 6) is 1.72. The van der Waals surface area contributed by atoms with Gasteiger partial charge in [-0.1, -0.05) is 34.6 Å². The Labute approximate surface area is 126 Å². The Morgan fingerprint density at radius 3 is 2.60 bits per heavy atom. The zero-order chi connectivity index (χ0) is 14.8. The lowest BCUT2D eigenvalue weighted by molar-refractivity contribution is 0.00966. The molecule has 1 saturated carbocycles. The largest absolute Gasteiger partial charge is 0.312 e. The first-order chi connectivity index (χ1) is 9.43. The standard InChI is InChI=1S/C18H36N2/c1-6-9-19-16-12-14(2)11-15(3)17(16)20-10-7-8-18(4,5)13-20/h14-17,19H,6-13H2,1-5H3. The number of likely N-dealkylation sites (tertiary alicyclic amines) is 1. The van der Waals surface area contributed by atoms with Crippen LogP contribution in [0.5, 0.6) is 0 Å². The summed E-state index contributed by atoms with van der Waals surface area (Å²) < 4.78 is 0. The van der Waals surface area contributed by atoms with Crippen molar-refractivity contribution in [3.05, 3.63) is 0 Å². The van der Waals surface area contributed by atoms with Crippen LogP contribution in [0.3, 0.4) is 0 Å². The van der Waals surface area contributed by atoms with Gasteiger partial charge < -0.3 is 5.32 Å². The summed E-state index contributed by atoms with van der Waals surface area (Å²) in [5.41, 5.74) is 0.510. The fraction of sp³-hybridized carbons (Fsp3) is 1.00. The molecule has 2 rings (SSSR count). The summed E-state index contributed by atoms with van der Waals surface area (Å²) in [6.07, 6.45) is 6.80. The summed E-state index contributed by atoms with van der Waals surface area (Å²) in [6.45, 7) is 15.9. The Morgan fingerprint density at radius 1 is 1.20 bits per heavy atom. The first-order valence-electron chi connectivity index (χ1n) is 8.90. The molecule has 4 unspecified atom stereocenters. The van der Waals surface area contributed by atoms with Crippen molar-refractivity contribution in [2.75, 3.05) is 19.6 Å². The van der Waals surface area contributed by atoms with Gasteiger partial charge in [0.25, 0.3) is 0 Å². The van der Waals surface area contributed by atoms with Gasteiger partial charge in [-0.3, -0.25) is 4.90 Å². The highest BCUT2D eigenvalue weighted by Gasteiger charge is 2.40. The van der Waals surface area contributed by atoms with Crippen LogP contribution < -0.4 is 5.32 Å². The van der Waals surface area contributed by atoms with Gasteiger partial charge in [0.2, 0.25) is 0 Å². The van der Waals surface area contributed by atoms with Crippen LogP contribution in [0.25, 0.3) is 0 Å². The summed E-state index contributed by atoms with van der Waals surface area (Å²) in [5, 5.41) is 3.87. The van der Waals surface area contributed by atoms with Crippen LogP contribution >= 0.6 is 0 Å². The molecule has 1 aliphatic heterocycles. The van der Waals surface area contributed by atoms with Crippen molar-refractivity contribution in [3.8, 4) is 0 Å². The van der Waals surface area contributed by atoms with Crippen molar-refractivity contribution in [2.24, 2.45) is 17.3 Å². The van der Waals surface area contributed by atoms with E-state index in [1.54, 1.807) is 0 Å². The number of piperidine rings is 1. The van der Waals surface area contributed by atoms with Gasteiger partial charge in [0.15, 0.2) is 0 Å². The monoisotopic (exact) mass is 280 g/mol. The van der Waals surface area contributed by atoms with Crippen LogP contribution in [0.4, 0.5) is 0 Å². The molecule has 0 aromatic rings. The highest BCUT2D eigenvalue weighted by atomic mass is 15.2. The molecule has 20 heavy (non-hydrogen) atoms. The highest BCUT2D eigenvalue weighted by Crippen LogP contribution is 2.37. The molecule has 1 aliphatic carbocycles. The van der Waals surface area contributed by atoms with Gasteiger partial charge in [-0.25, -0.2) is 0 Å². The van der Waals surface area contributed by atoms with Crippen LogP contribution in [-0.2, 0) is 0 Å². The minimum atomic E-state index is 0.510. The maximum atomic E-state index is 3.87. The van der Waals surface area contributed by atoms with Crippen LogP contribution in [0.15, 0.2) is 0 Å². The maximum Gasteiger partial charge on any atom is 0.0275 e. The third-order valence-corrected chi connectivity index (χ3v) is 5.43. The van der Waals surface area contributed by atoms with Gasteiger partial charge in [-0.05, 0) is 62.4 Å². The van der Waals surface area contributed by atoms with E-state index in [1.165, 1.54) is 51.7 Å². The lowest BCUT2D eigenvalue weighted by atomic mass is 9.74. The van der Waals surface area contributed by atoms with E-state index in [1.807, 2.05) is 0 Å². The first-order valence-corrected chi connectivity index (χ1v) is 8.90. The SMILES string of the molecule is CCCNC1CC(C)CC(C)C1N1CCCC(C)(C)C1. The second-order valence-electron chi connectivity index (χ2n) is 8.34. The molecule has 2 aliphatic rings. The quantitative estimate of drug-likeness (QED) is 0.840. The third kappa shape index (κ3) is 3.98. The third-order valence-electron chi connectivity index (χ3n) is 5.43. The van der Waals surface area contributed by atoms with Crippen LogP contribution in [0.1, 0.15) is 66.7 Å². The maximum absolute atomic E-state index is 3.87. The summed E-state index contributed by atoms with van der Waals surface area (Å²) in [6, 6.07) is 1.47. The second-order valence-corrected chi connectivity index (χ2v) is 8.34. The van der Waals surface area contributed by atoms with E-state index in [2.05, 4.69) is 44.8 Å². The molecule has 0 aromatic carbocycles. The lowest BCUT2D eigenvalue weighted by Crippen LogP contribution is -2.59. The fourth-order valence-corrected chi connectivity index (χ4v) is 4.71. The van der Waals surface area contributed by atoms with Crippen LogP contribution in [0, 0.1) is 17.3 Å². The number of rotatable bonds is 4. The fourth-order valence-electron chi connectivity index (χ4n) is 4.71. The topological polar surface area (TPSA) is 15.3 Å². The molecule has 0 bridgehead atoms. The van der Waals surface area contributed by atoms with E-state index >= 15 is 0 Å². The molecule has 0 radical (unpaired) electrons. The lowest BCUT2D eigenvalue weighted by Gasteiger charge is -2.50. The van der Waals surface area contributed by atoms with Crippen molar-refractivity contribution in [1.29, 1.82) is 0 Å². The summed E-state index contributed by atoms with van der Waals surface area (Å²) in [4.78, 5) is 2.83. The molecule has 0 aromatic heterocycles. The Bertz CT molecular complexity index is 300. The van der Waals surface area contributed by atoms with Gasteiger partial charge in [-0.15, -0.1) is 0 Å². The normalized spacial score (nSPS) is 38.9. The van der Waals surface area contributed by atoms with Gasteiger partial charge in [-0.2, -0.15) is 0 Å². The van der Waals surface area contributed by atoms with Gasteiger partial charge >= 0.3 is 0 Å². The number of hydrogen-bond donors (Lipinski definition) is 1. The van der Waals surface area contributed by atoms with Crippen molar-refractivity contribution >= 4 is 0 Å². The van der Waals surface area contributed by atoms with Gasteiger partial charge in [0.05, 0.1) is 0 Å². The van der Waals surface area contributed by atoms with E-state index < -0.39 is 0 Å². The van der Waals surface area contributed by atoms with Gasteiger partial charge in [0.1, 0.15) is 0 Å². The van der Waals surface area contributed by atoms with Gasteiger partial charge in [0, 0.05) is 18.6 Å². The minimum Gasteiger partial charge on any atom is -0.312 e. The van der Waals surface area contributed by atoms with Crippen LogP contribution in [-0.4, -0.2) is 36.6 Å². The minimum absolute atomic E-state index is 0.510. The smallest absolute Gasteiger partial charge is 0.0275 e. The Morgan fingerprint density at radius 2 is 1.95 bits per heavy atom. The molecule has 2 nitrogen and oxygen atoms in total. The molecule has 2 heteroatoms. The number of hydrogen-bond acceptors (Lipinski definition) is 2. The molecular formula is C18H36N2. The molecular weight excluding hydrogens is 244 g/mol. The predicted octanol–water partition coefficient (Wildman–Crippen LogP) is 3.91. The summed E-state index contributed by atoms with van der Waals surface area (Å²) >= 11 is 0. The van der Waals surface area contributed by atoms with Crippen molar-refractivity contribution in [1.82, 2.24) is 10.2 Å².